The van der Waals surface area contributed by atoms with Gasteiger partial charge in [-0.05, 0) is 23.8 Å². The maximum absolute atomic E-state index is 12.9. The molecule has 1 amide bonds. The standard InChI is InChI=1S/C16H18N2O3S/c1-2-16(19)18-12-15(13-7-6-10-17-11-13)22(20,21)14-8-4-3-5-9-14/h3-11,15H,2,12H2,1H3,(H,18,19)/t15-/m0/s1. The zero-order chi connectivity index (χ0) is 16.0. The van der Waals surface area contributed by atoms with Crippen LogP contribution in [0.15, 0.2) is 59.8 Å². The smallest absolute Gasteiger partial charge is 0.219 e. The van der Waals surface area contributed by atoms with E-state index < -0.39 is 15.1 Å². The highest BCUT2D eigenvalue weighted by Gasteiger charge is 2.29. The lowest BCUT2D eigenvalue weighted by molar-refractivity contribution is -0.120. The Morgan fingerprint density at radius 2 is 1.91 bits per heavy atom. The normalized spacial score (nSPS) is 12.6. The summed E-state index contributed by atoms with van der Waals surface area (Å²) < 4.78 is 25.7. The Morgan fingerprint density at radius 1 is 1.18 bits per heavy atom. The minimum atomic E-state index is -3.61. The van der Waals surface area contributed by atoms with Gasteiger partial charge in [0.05, 0.1) is 4.90 Å². The Bertz CT molecular complexity index is 716. The summed E-state index contributed by atoms with van der Waals surface area (Å²) in [5.74, 6) is -0.183. The molecule has 1 atom stereocenters. The van der Waals surface area contributed by atoms with Crippen molar-refractivity contribution >= 4 is 15.7 Å². The van der Waals surface area contributed by atoms with E-state index in [0.717, 1.165) is 0 Å². The third kappa shape index (κ3) is 3.71. The van der Waals surface area contributed by atoms with Crippen molar-refractivity contribution < 1.29 is 13.2 Å². The van der Waals surface area contributed by atoms with Gasteiger partial charge in [-0.15, -0.1) is 0 Å². The highest BCUT2D eigenvalue weighted by molar-refractivity contribution is 7.91. The number of sulfone groups is 1. The maximum atomic E-state index is 12.9. The predicted octanol–water partition coefficient (Wildman–Crippen LogP) is 2.12. The molecule has 0 unspecified atom stereocenters. The average molecular weight is 318 g/mol. The highest BCUT2D eigenvalue weighted by Crippen LogP contribution is 2.27. The summed E-state index contributed by atoms with van der Waals surface area (Å²) in [4.78, 5) is 15.7. The van der Waals surface area contributed by atoms with E-state index in [2.05, 4.69) is 10.3 Å². The SMILES string of the molecule is CCC(=O)NC[C@@H](c1cccnc1)S(=O)(=O)c1ccccc1. The Labute approximate surface area is 130 Å². The maximum Gasteiger partial charge on any atom is 0.219 e. The van der Waals surface area contributed by atoms with Crippen molar-refractivity contribution in [3.8, 4) is 0 Å². The van der Waals surface area contributed by atoms with Crippen molar-refractivity contribution in [1.29, 1.82) is 0 Å². The molecular formula is C16H18N2O3S. The molecule has 2 rings (SSSR count). The highest BCUT2D eigenvalue weighted by atomic mass is 32.2. The Hall–Kier alpha value is -2.21. The van der Waals surface area contributed by atoms with Gasteiger partial charge in [-0.1, -0.05) is 31.2 Å². The molecule has 0 aliphatic heterocycles. The Morgan fingerprint density at radius 3 is 2.50 bits per heavy atom. The number of hydrogen-bond acceptors (Lipinski definition) is 4. The van der Waals surface area contributed by atoms with Crippen LogP contribution in [0.4, 0.5) is 0 Å². The van der Waals surface area contributed by atoms with Gasteiger partial charge in [0, 0.05) is 25.4 Å². The van der Waals surface area contributed by atoms with Crippen molar-refractivity contribution in [2.75, 3.05) is 6.54 Å². The second kappa shape index (κ2) is 7.17. The largest absolute Gasteiger partial charge is 0.354 e. The van der Waals surface area contributed by atoms with Gasteiger partial charge in [0.1, 0.15) is 5.25 Å². The van der Waals surface area contributed by atoms with Crippen LogP contribution in [0, 0.1) is 0 Å². The van der Waals surface area contributed by atoms with Gasteiger partial charge in [-0.25, -0.2) is 8.42 Å². The molecule has 0 fully saturated rings. The van der Waals surface area contributed by atoms with Crippen molar-refractivity contribution in [2.45, 2.75) is 23.5 Å². The first-order chi connectivity index (χ1) is 10.6. The van der Waals surface area contributed by atoms with Crippen LogP contribution in [-0.2, 0) is 14.6 Å². The van der Waals surface area contributed by atoms with Crippen molar-refractivity contribution in [3.63, 3.8) is 0 Å². The second-order valence-corrected chi connectivity index (χ2v) is 6.92. The Kier molecular flexibility index (Phi) is 5.27. The molecule has 1 aromatic heterocycles. The number of rotatable bonds is 6. The fraction of sp³-hybridized carbons (Fsp3) is 0.250. The molecule has 1 N–H and O–H groups in total. The number of carbonyl (C=O) groups is 1. The van der Waals surface area contributed by atoms with E-state index in [1.807, 2.05) is 0 Å². The third-order valence-electron chi connectivity index (χ3n) is 3.31. The van der Waals surface area contributed by atoms with E-state index in [4.69, 9.17) is 0 Å². The van der Waals surface area contributed by atoms with Crippen LogP contribution in [0.2, 0.25) is 0 Å². The molecule has 0 radical (unpaired) electrons. The van der Waals surface area contributed by atoms with Crippen LogP contribution >= 0.6 is 0 Å². The molecule has 0 spiro atoms. The summed E-state index contributed by atoms with van der Waals surface area (Å²) in [5, 5.41) is 1.80. The van der Waals surface area contributed by atoms with Crippen molar-refractivity contribution in [3.05, 3.63) is 60.4 Å². The first-order valence-electron chi connectivity index (χ1n) is 7.01. The molecule has 0 saturated carbocycles. The number of aromatic nitrogens is 1. The van der Waals surface area contributed by atoms with Crippen LogP contribution in [0.3, 0.4) is 0 Å². The number of pyridine rings is 1. The van der Waals surface area contributed by atoms with Crippen LogP contribution in [0.5, 0.6) is 0 Å². The molecule has 0 aliphatic rings. The fourth-order valence-corrected chi connectivity index (χ4v) is 3.74. The van der Waals surface area contributed by atoms with E-state index in [9.17, 15) is 13.2 Å². The number of nitrogens with one attached hydrogen (secondary N) is 1. The molecular weight excluding hydrogens is 300 g/mol. The van der Waals surface area contributed by atoms with E-state index in [0.29, 0.717) is 12.0 Å². The minimum Gasteiger partial charge on any atom is -0.354 e. The number of carbonyl (C=O) groups excluding carboxylic acids is 1. The molecule has 6 heteroatoms. The van der Waals surface area contributed by atoms with Gasteiger partial charge >= 0.3 is 0 Å². The van der Waals surface area contributed by atoms with E-state index in [1.54, 1.807) is 55.6 Å². The number of benzene rings is 1. The summed E-state index contributed by atoms with van der Waals surface area (Å²) >= 11 is 0. The number of nitrogens with zero attached hydrogens (tertiary/aromatic N) is 1. The molecule has 0 saturated heterocycles. The molecule has 0 bridgehead atoms. The molecule has 1 aromatic carbocycles. The minimum absolute atomic E-state index is 0.0234. The number of amides is 1. The summed E-state index contributed by atoms with van der Waals surface area (Å²) in [6, 6.07) is 11.6. The molecule has 2 aromatic rings. The monoisotopic (exact) mass is 318 g/mol. The summed E-state index contributed by atoms with van der Waals surface area (Å²) in [5.41, 5.74) is 0.558. The third-order valence-corrected chi connectivity index (χ3v) is 5.43. The van der Waals surface area contributed by atoms with Crippen LogP contribution < -0.4 is 5.32 Å². The van der Waals surface area contributed by atoms with Crippen LogP contribution in [0.25, 0.3) is 0 Å². The average Bonchev–Trinajstić information content (AvgIpc) is 2.56. The zero-order valence-corrected chi connectivity index (χ0v) is 13.1. The predicted molar refractivity (Wildman–Crippen MR) is 83.9 cm³/mol. The van der Waals surface area contributed by atoms with Gasteiger partial charge in [-0.3, -0.25) is 9.78 Å². The molecule has 22 heavy (non-hydrogen) atoms. The summed E-state index contributed by atoms with van der Waals surface area (Å²) in [7, 11) is -3.61. The van der Waals surface area contributed by atoms with Gasteiger partial charge in [0.15, 0.2) is 9.84 Å². The van der Waals surface area contributed by atoms with E-state index >= 15 is 0 Å². The van der Waals surface area contributed by atoms with Crippen molar-refractivity contribution in [2.24, 2.45) is 0 Å². The second-order valence-electron chi connectivity index (χ2n) is 4.79. The first-order valence-corrected chi connectivity index (χ1v) is 8.56. The van der Waals surface area contributed by atoms with E-state index in [1.165, 1.54) is 6.20 Å². The first kappa shape index (κ1) is 16.2. The summed E-state index contributed by atoms with van der Waals surface area (Å²) in [6.07, 6.45) is 3.41. The van der Waals surface area contributed by atoms with Crippen LogP contribution in [0.1, 0.15) is 24.2 Å². The van der Waals surface area contributed by atoms with Gasteiger partial charge in [0.25, 0.3) is 0 Å². The lowest BCUT2D eigenvalue weighted by atomic mass is 10.2. The van der Waals surface area contributed by atoms with Gasteiger partial charge in [0.2, 0.25) is 5.91 Å². The van der Waals surface area contributed by atoms with Gasteiger partial charge in [-0.2, -0.15) is 0 Å². The molecule has 116 valence electrons. The summed E-state index contributed by atoms with van der Waals surface area (Å²) in [6.45, 7) is 1.75. The molecule has 0 aliphatic carbocycles. The lowest BCUT2D eigenvalue weighted by Crippen LogP contribution is -2.31. The molecule has 1 heterocycles. The zero-order valence-electron chi connectivity index (χ0n) is 12.3. The van der Waals surface area contributed by atoms with Crippen molar-refractivity contribution in [1.82, 2.24) is 10.3 Å². The van der Waals surface area contributed by atoms with Crippen LogP contribution in [-0.4, -0.2) is 25.9 Å². The Balaban J connectivity index is 2.38. The van der Waals surface area contributed by atoms with Gasteiger partial charge < -0.3 is 5.32 Å². The fourth-order valence-electron chi connectivity index (χ4n) is 2.08. The number of hydrogen-bond donors (Lipinski definition) is 1. The van der Waals surface area contributed by atoms with E-state index in [-0.39, 0.29) is 17.3 Å². The molecule has 5 nitrogen and oxygen atoms in total. The topological polar surface area (TPSA) is 76.1 Å². The quantitative estimate of drug-likeness (QED) is 0.885. The lowest BCUT2D eigenvalue weighted by Gasteiger charge is -2.18.